The van der Waals surface area contributed by atoms with Crippen LogP contribution < -0.4 is 22.9 Å². The lowest BCUT2D eigenvalue weighted by Crippen LogP contribution is -2.37. The molecule has 0 aromatic carbocycles. The van der Waals surface area contributed by atoms with Gasteiger partial charge in [-0.25, -0.2) is 0 Å². The third-order valence-electron chi connectivity index (χ3n) is 2.42. The van der Waals surface area contributed by atoms with Gasteiger partial charge >= 0.3 is 23.9 Å². The second-order valence-electron chi connectivity index (χ2n) is 4.71. The van der Waals surface area contributed by atoms with Crippen molar-refractivity contribution in [3.63, 3.8) is 0 Å². The number of carbonyl (C=O) groups is 4. The van der Waals surface area contributed by atoms with Crippen molar-refractivity contribution in [2.24, 2.45) is 22.9 Å². The summed E-state index contributed by atoms with van der Waals surface area (Å²) in [6, 6.07) is -1.81. The van der Waals surface area contributed by atoms with Crippen LogP contribution in [0.3, 0.4) is 0 Å². The molecule has 0 aromatic rings. The lowest BCUT2D eigenvalue weighted by Gasteiger charge is -1.97. The van der Waals surface area contributed by atoms with Crippen LogP contribution in [-0.4, -0.2) is 69.5 Å². The van der Waals surface area contributed by atoms with Gasteiger partial charge in [-0.15, -0.1) is 0 Å². The van der Waals surface area contributed by atoms with Crippen LogP contribution in [0.1, 0.15) is 32.1 Å². The van der Waals surface area contributed by atoms with Crippen LogP contribution in [0, 0.1) is 0 Å². The number of nitrogens with two attached hydrogens (primary N) is 4. The summed E-state index contributed by atoms with van der Waals surface area (Å²) < 4.78 is 0. The minimum absolute atomic E-state index is 0.00463. The van der Waals surface area contributed by atoms with Crippen LogP contribution in [0.15, 0.2) is 0 Å². The molecule has 0 saturated carbocycles. The van der Waals surface area contributed by atoms with Crippen molar-refractivity contribution in [2.75, 3.05) is 13.1 Å². The quantitative estimate of drug-likeness (QED) is 0.191. The molecule has 0 aliphatic heterocycles. The monoisotopic (exact) mass is 368 g/mol. The van der Waals surface area contributed by atoms with Gasteiger partial charge in [-0.3, -0.25) is 19.2 Å². The molecule has 0 aromatic heterocycles. The molecule has 0 aliphatic rings. The Kier molecular flexibility index (Phi) is 19.9. The Hall–Kier alpha value is -2.28. The molecular weight excluding hydrogens is 340 g/mol. The van der Waals surface area contributed by atoms with E-state index in [1.54, 1.807) is 0 Å². The van der Waals surface area contributed by atoms with Crippen molar-refractivity contribution in [3.8, 4) is 0 Å². The third kappa shape index (κ3) is 26.9. The van der Waals surface area contributed by atoms with E-state index in [1.807, 2.05) is 0 Å². The van der Waals surface area contributed by atoms with Gasteiger partial charge in [0.05, 0.1) is 0 Å². The SMILES string of the molecule is NCC(N)C(=O)O.NCC(N)C(=O)O.O=C(O)CCCCCC(=O)O. The van der Waals surface area contributed by atoms with Crippen molar-refractivity contribution in [3.05, 3.63) is 0 Å². The van der Waals surface area contributed by atoms with Crippen LogP contribution >= 0.6 is 0 Å². The summed E-state index contributed by atoms with van der Waals surface area (Å²) in [6.45, 7) is -0.00926. The van der Waals surface area contributed by atoms with Crippen LogP contribution in [-0.2, 0) is 19.2 Å². The van der Waals surface area contributed by atoms with Crippen molar-refractivity contribution >= 4 is 23.9 Å². The number of carboxylic acid groups (broad SMARTS) is 4. The molecule has 0 amide bonds. The van der Waals surface area contributed by atoms with Gasteiger partial charge in [0.25, 0.3) is 0 Å². The first-order chi connectivity index (χ1) is 11.5. The van der Waals surface area contributed by atoms with Gasteiger partial charge in [0.1, 0.15) is 12.1 Å². The van der Waals surface area contributed by atoms with E-state index in [4.69, 9.17) is 43.4 Å². The topological polar surface area (TPSA) is 253 Å². The Balaban J connectivity index is -0.000000304. The number of aliphatic carboxylic acids is 4. The average molecular weight is 368 g/mol. The Bertz CT molecular complexity index is 369. The summed E-state index contributed by atoms with van der Waals surface area (Å²) in [5.74, 6) is -3.74. The molecule has 25 heavy (non-hydrogen) atoms. The van der Waals surface area contributed by atoms with Crippen molar-refractivity contribution in [1.29, 1.82) is 0 Å². The fourth-order valence-corrected chi connectivity index (χ4v) is 0.931. The first kappa shape index (κ1) is 27.6. The zero-order valence-electron chi connectivity index (χ0n) is 13.8. The Morgan fingerprint density at radius 3 is 1.04 bits per heavy atom. The summed E-state index contributed by atoms with van der Waals surface area (Å²) in [5, 5.41) is 32.4. The number of unbranched alkanes of at least 4 members (excludes halogenated alkanes) is 2. The number of hydrogen-bond acceptors (Lipinski definition) is 8. The highest BCUT2D eigenvalue weighted by atomic mass is 16.4. The molecule has 0 spiro atoms. The highest BCUT2D eigenvalue weighted by Crippen LogP contribution is 2.02. The smallest absolute Gasteiger partial charge is 0.321 e. The highest BCUT2D eigenvalue weighted by Gasteiger charge is 2.06. The summed E-state index contributed by atoms with van der Waals surface area (Å²) in [7, 11) is 0. The van der Waals surface area contributed by atoms with Crippen LogP contribution in [0.5, 0.6) is 0 Å². The maximum Gasteiger partial charge on any atom is 0.321 e. The molecule has 2 unspecified atom stereocenters. The maximum absolute atomic E-state index is 9.98. The predicted molar refractivity (Wildman–Crippen MR) is 87.7 cm³/mol. The van der Waals surface area contributed by atoms with E-state index in [-0.39, 0.29) is 25.9 Å². The van der Waals surface area contributed by atoms with Gasteiger partial charge in [-0.1, -0.05) is 6.42 Å². The fourth-order valence-electron chi connectivity index (χ4n) is 0.931. The first-order valence-electron chi connectivity index (χ1n) is 7.30. The highest BCUT2D eigenvalue weighted by molar-refractivity contribution is 5.73. The molecule has 0 aliphatic carbocycles. The molecule has 12 N–H and O–H groups in total. The summed E-state index contributed by atoms with van der Waals surface area (Å²) in [4.78, 5) is 39.4. The molecule has 0 saturated heterocycles. The van der Waals surface area contributed by atoms with E-state index < -0.39 is 36.0 Å². The van der Waals surface area contributed by atoms with Crippen LogP contribution in [0.2, 0.25) is 0 Å². The normalized spacial score (nSPS) is 11.7. The van der Waals surface area contributed by atoms with E-state index in [0.717, 1.165) is 0 Å². The summed E-state index contributed by atoms with van der Waals surface area (Å²) in [5.41, 5.74) is 19.5. The third-order valence-corrected chi connectivity index (χ3v) is 2.42. The van der Waals surface area contributed by atoms with E-state index >= 15 is 0 Å². The van der Waals surface area contributed by atoms with E-state index in [2.05, 4.69) is 0 Å². The van der Waals surface area contributed by atoms with E-state index in [9.17, 15) is 19.2 Å². The molecule has 2 atom stereocenters. The van der Waals surface area contributed by atoms with Crippen molar-refractivity contribution < 1.29 is 39.6 Å². The zero-order chi connectivity index (χ0) is 20.4. The Morgan fingerprint density at radius 2 is 0.920 bits per heavy atom. The summed E-state index contributed by atoms with van der Waals surface area (Å²) >= 11 is 0. The molecule has 0 rings (SSSR count). The molecular formula is C13H28N4O8. The van der Waals surface area contributed by atoms with Crippen LogP contribution in [0.25, 0.3) is 0 Å². The molecule has 148 valence electrons. The van der Waals surface area contributed by atoms with Crippen molar-refractivity contribution in [2.45, 2.75) is 44.2 Å². The second-order valence-corrected chi connectivity index (χ2v) is 4.71. The maximum atomic E-state index is 9.98. The van der Waals surface area contributed by atoms with Gasteiger partial charge in [0, 0.05) is 25.9 Å². The lowest BCUT2D eigenvalue weighted by molar-refractivity contribution is -0.139. The van der Waals surface area contributed by atoms with Gasteiger partial charge in [0.2, 0.25) is 0 Å². The average Bonchev–Trinajstić information content (AvgIpc) is 2.53. The van der Waals surface area contributed by atoms with E-state index in [1.165, 1.54) is 0 Å². The molecule has 0 fully saturated rings. The standard InChI is InChI=1S/C7H12O4.2C3H8N2O2/c8-6(9)4-2-1-3-5-7(10)11;2*4-1-2(5)3(6)7/h1-5H2,(H,8,9)(H,10,11);2*2H,1,4-5H2,(H,6,7). The van der Waals surface area contributed by atoms with Crippen LogP contribution in [0.4, 0.5) is 0 Å². The molecule has 0 bridgehead atoms. The predicted octanol–water partition coefficient (Wildman–Crippen LogP) is -2.18. The fraction of sp³-hybridized carbons (Fsp3) is 0.692. The minimum atomic E-state index is -1.05. The molecule has 0 radical (unpaired) electrons. The van der Waals surface area contributed by atoms with E-state index in [0.29, 0.717) is 19.3 Å². The Labute approximate surface area is 144 Å². The van der Waals surface area contributed by atoms with Crippen molar-refractivity contribution in [1.82, 2.24) is 0 Å². The second kappa shape index (κ2) is 18.1. The summed E-state index contributed by atoms with van der Waals surface area (Å²) in [6.07, 6.45) is 2.10. The number of hydrogen-bond donors (Lipinski definition) is 8. The minimum Gasteiger partial charge on any atom is -0.481 e. The van der Waals surface area contributed by atoms with Gasteiger partial charge < -0.3 is 43.4 Å². The number of carboxylic acids is 4. The number of rotatable bonds is 10. The van der Waals surface area contributed by atoms with Gasteiger partial charge in [0.15, 0.2) is 0 Å². The zero-order valence-corrected chi connectivity index (χ0v) is 13.8. The lowest BCUT2D eigenvalue weighted by atomic mass is 10.1. The Morgan fingerprint density at radius 1 is 0.640 bits per heavy atom. The van der Waals surface area contributed by atoms with Gasteiger partial charge in [-0.05, 0) is 12.8 Å². The van der Waals surface area contributed by atoms with Gasteiger partial charge in [-0.2, -0.15) is 0 Å². The molecule has 0 heterocycles. The first-order valence-corrected chi connectivity index (χ1v) is 7.30. The largest absolute Gasteiger partial charge is 0.481 e. The molecule has 12 nitrogen and oxygen atoms in total. The molecule has 12 heteroatoms.